The fourth-order valence-corrected chi connectivity index (χ4v) is 4.36. The number of rotatable bonds is 6. The van der Waals surface area contributed by atoms with Crippen LogP contribution in [0, 0.1) is 12.8 Å². The molecule has 1 aromatic carbocycles. The Morgan fingerprint density at radius 3 is 2.73 bits per heavy atom. The second-order valence-corrected chi connectivity index (χ2v) is 8.40. The molecule has 0 bridgehead atoms. The zero-order valence-electron chi connectivity index (χ0n) is 18.3. The molecule has 1 aliphatic carbocycles. The van der Waals surface area contributed by atoms with Crippen LogP contribution in [0.4, 0.5) is 0 Å². The number of aliphatic hydroxyl groups is 1. The molecule has 30 heavy (non-hydrogen) atoms. The Morgan fingerprint density at radius 2 is 2.03 bits per heavy atom. The molecule has 3 N–H and O–H groups in total. The van der Waals surface area contributed by atoms with Gasteiger partial charge in [0.05, 0.1) is 12.6 Å². The van der Waals surface area contributed by atoms with Crippen molar-refractivity contribution in [3.05, 3.63) is 35.4 Å². The molecule has 0 radical (unpaired) electrons. The van der Waals surface area contributed by atoms with Gasteiger partial charge in [-0.3, -0.25) is 9.79 Å². The Morgan fingerprint density at radius 1 is 1.27 bits per heavy atom. The average molecular weight is 528 g/mol. The van der Waals surface area contributed by atoms with Crippen LogP contribution >= 0.6 is 24.0 Å². The number of benzene rings is 1. The van der Waals surface area contributed by atoms with E-state index in [4.69, 9.17) is 0 Å². The SMILES string of the molecule is CCNC(=NCC(O)c1cccc(C)c1)NC1CCN(C(=O)C2CCCCC2)C1.I. The van der Waals surface area contributed by atoms with Gasteiger partial charge in [0.1, 0.15) is 0 Å². The quantitative estimate of drug-likeness (QED) is 0.301. The van der Waals surface area contributed by atoms with Crippen molar-refractivity contribution >= 4 is 35.8 Å². The number of carbonyl (C=O) groups is 1. The van der Waals surface area contributed by atoms with Crippen molar-refractivity contribution < 1.29 is 9.90 Å². The van der Waals surface area contributed by atoms with Crippen molar-refractivity contribution in [1.82, 2.24) is 15.5 Å². The maximum atomic E-state index is 12.8. The first-order valence-corrected chi connectivity index (χ1v) is 11.1. The van der Waals surface area contributed by atoms with Crippen LogP contribution < -0.4 is 10.6 Å². The van der Waals surface area contributed by atoms with Gasteiger partial charge in [0, 0.05) is 31.6 Å². The first-order chi connectivity index (χ1) is 14.1. The van der Waals surface area contributed by atoms with Crippen molar-refractivity contribution in [2.75, 3.05) is 26.2 Å². The van der Waals surface area contributed by atoms with Gasteiger partial charge in [0.25, 0.3) is 0 Å². The minimum atomic E-state index is -0.627. The molecule has 2 atom stereocenters. The molecule has 2 fully saturated rings. The van der Waals surface area contributed by atoms with E-state index in [-0.39, 0.29) is 35.9 Å². The molecule has 2 unspecified atom stereocenters. The number of amides is 1. The normalized spacial score (nSPS) is 21.1. The summed E-state index contributed by atoms with van der Waals surface area (Å²) in [7, 11) is 0. The molecular formula is C23H37IN4O2. The number of hydrogen-bond donors (Lipinski definition) is 3. The van der Waals surface area contributed by atoms with Crippen molar-refractivity contribution in [2.45, 2.75) is 64.5 Å². The number of carbonyl (C=O) groups excluding carboxylic acids is 1. The van der Waals surface area contributed by atoms with Crippen molar-refractivity contribution in [1.29, 1.82) is 0 Å². The number of nitrogens with zero attached hydrogens (tertiary/aromatic N) is 2. The van der Waals surface area contributed by atoms with Crippen molar-refractivity contribution in [3.63, 3.8) is 0 Å². The summed E-state index contributed by atoms with van der Waals surface area (Å²) in [5.41, 5.74) is 2.01. The smallest absolute Gasteiger partial charge is 0.225 e. The highest BCUT2D eigenvalue weighted by Crippen LogP contribution is 2.26. The van der Waals surface area contributed by atoms with Crippen LogP contribution in [0.2, 0.25) is 0 Å². The van der Waals surface area contributed by atoms with Crippen molar-refractivity contribution in [3.8, 4) is 0 Å². The van der Waals surface area contributed by atoms with E-state index in [0.29, 0.717) is 18.4 Å². The number of nitrogens with one attached hydrogen (secondary N) is 2. The summed E-state index contributed by atoms with van der Waals surface area (Å²) in [5, 5.41) is 17.2. The Labute approximate surface area is 197 Å². The topological polar surface area (TPSA) is 77.0 Å². The molecule has 3 rings (SSSR count). The van der Waals surface area contributed by atoms with E-state index >= 15 is 0 Å². The van der Waals surface area contributed by atoms with Gasteiger partial charge < -0.3 is 20.6 Å². The molecule has 1 saturated carbocycles. The van der Waals surface area contributed by atoms with Crippen LogP contribution in [0.15, 0.2) is 29.3 Å². The highest BCUT2D eigenvalue weighted by atomic mass is 127. The lowest BCUT2D eigenvalue weighted by Crippen LogP contribution is -2.45. The minimum absolute atomic E-state index is 0. The highest BCUT2D eigenvalue weighted by Gasteiger charge is 2.31. The van der Waals surface area contributed by atoms with Crippen LogP contribution in [0.25, 0.3) is 0 Å². The zero-order chi connectivity index (χ0) is 20.6. The van der Waals surface area contributed by atoms with E-state index in [0.717, 1.165) is 50.0 Å². The molecule has 1 heterocycles. The van der Waals surface area contributed by atoms with Gasteiger partial charge in [-0.15, -0.1) is 24.0 Å². The summed E-state index contributed by atoms with van der Waals surface area (Å²) in [6.45, 7) is 6.66. The third-order valence-corrected chi connectivity index (χ3v) is 5.99. The number of aliphatic hydroxyl groups excluding tert-OH is 1. The van der Waals surface area contributed by atoms with Gasteiger partial charge in [0.2, 0.25) is 5.91 Å². The zero-order valence-corrected chi connectivity index (χ0v) is 20.6. The second kappa shape index (κ2) is 12.5. The third kappa shape index (κ3) is 7.11. The third-order valence-electron chi connectivity index (χ3n) is 5.99. The molecule has 0 aromatic heterocycles. The summed E-state index contributed by atoms with van der Waals surface area (Å²) in [6.07, 6.45) is 6.05. The van der Waals surface area contributed by atoms with Crippen LogP contribution in [0.5, 0.6) is 0 Å². The first kappa shape index (κ1) is 24.9. The lowest BCUT2D eigenvalue weighted by Gasteiger charge is -2.26. The van der Waals surface area contributed by atoms with Crippen LogP contribution in [-0.2, 0) is 4.79 Å². The van der Waals surface area contributed by atoms with Crippen LogP contribution in [-0.4, -0.2) is 54.1 Å². The van der Waals surface area contributed by atoms with E-state index in [1.807, 2.05) is 43.0 Å². The summed E-state index contributed by atoms with van der Waals surface area (Å²) >= 11 is 0. The second-order valence-electron chi connectivity index (χ2n) is 8.40. The fraction of sp³-hybridized carbons (Fsp3) is 0.652. The maximum absolute atomic E-state index is 12.8. The van der Waals surface area contributed by atoms with E-state index in [2.05, 4.69) is 15.6 Å². The standard InChI is InChI=1S/C23H36N4O2.HI/c1-3-24-23(25-15-21(28)19-11-7-8-17(2)14-19)26-20-12-13-27(16-20)22(29)18-9-5-4-6-10-18;/h7-8,11,14,18,20-21,28H,3-6,9-10,12-13,15-16H2,1-2H3,(H2,24,25,26);1H. The number of halogens is 1. The van der Waals surface area contributed by atoms with Gasteiger partial charge in [-0.2, -0.15) is 0 Å². The van der Waals surface area contributed by atoms with Gasteiger partial charge in [-0.1, -0.05) is 49.1 Å². The lowest BCUT2D eigenvalue weighted by molar-refractivity contribution is -0.135. The number of aryl methyl sites for hydroxylation is 1. The summed E-state index contributed by atoms with van der Waals surface area (Å²) in [4.78, 5) is 19.4. The van der Waals surface area contributed by atoms with E-state index in [1.165, 1.54) is 19.3 Å². The Kier molecular flexibility index (Phi) is 10.4. The van der Waals surface area contributed by atoms with Gasteiger partial charge in [0.15, 0.2) is 5.96 Å². The van der Waals surface area contributed by atoms with Crippen LogP contribution in [0.1, 0.15) is 62.7 Å². The maximum Gasteiger partial charge on any atom is 0.225 e. The Hall–Kier alpha value is -1.35. The lowest BCUT2D eigenvalue weighted by atomic mass is 9.88. The number of likely N-dealkylation sites (tertiary alicyclic amines) is 1. The highest BCUT2D eigenvalue weighted by molar-refractivity contribution is 14.0. The summed E-state index contributed by atoms with van der Waals surface area (Å²) < 4.78 is 0. The van der Waals surface area contributed by atoms with E-state index in [9.17, 15) is 9.90 Å². The largest absolute Gasteiger partial charge is 0.386 e. The van der Waals surface area contributed by atoms with Crippen molar-refractivity contribution in [2.24, 2.45) is 10.9 Å². The molecule has 7 heteroatoms. The minimum Gasteiger partial charge on any atom is -0.386 e. The number of guanidine groups is 1. The van der Waals surface area contributed by atoms with Gasteiger partial charge >= 0.3 is 0 Å². The first-order valence-electron chi connectivity index (χ1n) is 11.1. The predicted octanol–water partition coefficient (Wildman–Crippen LogP) is 3.38. The average Bonchev–Trinajstić information content (AvgIpc) is 3.20. The molecular weight excluding hydrogens is 491 g/mol. The predicted molar refractivity (Wildman–Crippen MR) is 132 cm³/mol. The number of hydrogen-bond acceptors (Lipinski definition) is 3. The molecule has 168 valence electrons. The fourth-order valence-electron chi connectivity index (χ4n) is 4.36. The molecule has 1 aromatic rings. The van der Waals surface area contributed by atoms with Gasteiger partial charge in [-0.25, -0.2) is 0 Å². The van der Waals surface area contributed by atoms with E-state index < -0.39 is 6.10 Å². The van der Waals surface area contributed by atoms with Crippen LogP contribution in [0.3, 0.4) is 0 Å². The Bertz CT molecular complexity index is 706. The monoisotopic (exact) mass is 528 g/mol. The molecule has 6 nitrogen and oxygen atoms in total. The Balaban J connectivity index is 0.00000320. The summed E-state index contributed by atoms with van der Waals surface area (Å²) in [5.74, 6) is 1.27. The molecule has 0 spiro atoms. The molecule has 2 aliphatic rings. The van der Waals surface area contributed by atoms with E-state index in [1.54, 1.807) is 0 Å². The van der Waals surface area contributed by atoms with Gasteiger partial charge in [-0.05, 0) is 38.7 Å². The number of aliphatic imine (C=N–C) groups is 1. The molecule has 1 saturated heterocycles. The molecule has 1 aliphatic heterocycles. The molecule has 1 amide bonds. The summed E-state index contributed by atoms with van der Waals surface area (Å²) in [6, 6.07) is 8.10.